The number of nitrogens with zero attached hydrogens (tertiary/aromatic N) is 1. The van der Waals surface area contributed by atoms with Gasteiger partial charge in [0.05, 0.1) is 22.0 Å². The van der Waals surface area contributed by atoms with Crippen LogP contribution in [0, 0.1) is 0 Å². The molecular weight excluding hydrogens is 424 g/mol. The first-order valence-corrected chi connectivity index (χ1v) is 6.75. The molecule has 0 saturated heterocycles. The number of halogens is 5. The molecule has 0 amide bonds. The Hall–Kier alpha value is -0.540. The molecule has 0 radical (unpaired) electrons. The summed E-state index contributed by atoms with van der Waals surface area (Å²) in [7, 11) is 0. The van der Waals surface area contributed by atoms with Gasteiger partial charge in [-0.2, -0.15) is 13.2 Å². The summed E-state index contributed by atoms with van der Waals surface area (Å²) in [5.74, 6) is 0.583. The van der Waals surface area contributed by atoms with E-state index in [9.17, 15) is 13.2 Å². The minimum absolute atomic E-state index is 0. The van der Waals surface area contributed by atoms with Crippen LogP contribution in [-0.4, -0.2) is 18.9 Å². The Bertz CT molecular complexity index is 681. The molecule has 2 nitrogen and oxygen atoms in total. The van der Waals surface area contributed by atoms with Crippen molar-refractivity contribution in [3.8, 4) is 0 Å². The number of benzene rings is 1. The Kier molecular flexibility index (Phi) is 4.50. The topological polar surface area (TPSA) is 24.4 Å². The van der Waals surface area contributed by atoms with Crippen molar-refractivity contribution in [3.63, 3.8) is 0 Å². The molecule has 0 aliphatic carbocycles. The van der Waals surface area contributed by atoms with Gasteiger partial charge in [0.25, 0.3) is 0 Å². The molecule has 2 heterocycles. The van der Waals surface area contributed by atoms with Crippen LogP contribution in [0.3, 0.4) is 0 Å². The average Bonchev–Trinajstić information content (AvgIpc) is 2.96. The van der Waals surface area contributed by atoms with Gasteiger partial charge >= 0.3 is 6.18 Å². The maximum Gasteiger partial charge on any atom is 0.417 e. The highest BCUT2D eigenvalue weighted by Crippen LogP contribution is 2.43. The lowest BCUT2D eigenvalue weighted by Crippen LogP contribution is -2.18. The molecular formula is C12H9ClF3IN2S. The predicted molar refractivity (Wildman–Crippen MR) is 86.7 cm³/mol. The van der Waals surface area contributed by atoms with Crippen molar-refractivity contribution in [3.05, 3.63) is 33.7 Å². The maximum atomic E-state index is 13.0. The van der Waals surface area contributed by atoms with Crippen molar-refractivity contribution in [2.45, 2.75) is 6.18 Å². The van der Waals surface area contributed by atoms with Crippen LogP contribution in [0.25, 0.3) is 10.1 Å². The number of alkyl halides is 3. The Labute approximate surface area is 139 Å². The summed E-state index contributed by atoms with van der Waals surface area (Å²) in [6.45, 7) is 1.30. The minimum Gasteiger partial charge on any atom is -0.367 e. The molecule has 3 rings (SSSR count). The first kappa shape index (κ1) is 15.8. The van der Waals surface area contributed by atoms with Gasteiger partial charge in [0.1, 0.15) is 5.84 Å². The molecule has 0 spiro atoms. The van der Waals surface area contributed by atoms with E-state index in [-0.39, 0.29) is 34.4 Å². The number of hydrogen-bond acceptors (Lipinski definition) is 3. The zero-order valence-corrected chi connectivity index (χ0v) is 13.8. The number of hydrogen-bond donors (Lipinski definition) is 1. The smallest absolute Gasteiger partial charge is 0.367 e. The summed E-state index contributed by atoms with van der Waals surface area (Å²) < 4.78 is 39.5. The molecule has 108 valence electrons. The van der Waals surface area contributed by atoms with E-state index in [2.05, 4.69) is 10.3 Å². The van der Waals surface area contributed by atoms with E-state index in [1.807, 2.05) is 0 Å². The standard InChI is InChI=1S/C12H8ClF3N2S.HI/c13-9-8-6(12(14,15)16)2-1-3-7(8)19-10(9)11-17-4-5-18-11;/h1-3H,4-5H2,(H,17,18);1H. The fraction of sp³-hybridized carbons (Fsp3) is 0.250. The van der Waals surface area contributed by atoms with Gasteiger partial charge in [-0.15, -0.1) is 35.3 Å². The number of nitrogens with one attached hydrogen (secondary N) is 1. The molecule has 1 aliphatic heterocycles. The second-order valence-corrected chi connectivity index (χ2v) is 5.51. The largest absolute Gasteiger partial charge is 0.417 e. The van der Waals surface area contributed by atoms with Crippen LogP contribution in [0.2, 0.25) is 5.02 Å². The Balaban J connectivity index is 0.00000147. The molecule has 0 bridgehead atoms. The van der Waals surface area contributed by atoms with Crippen LogP contribution in [0.1, 0.15) is 10.4 Å². The third-order valence-corrected chi connectivity index (χ3v) is 4.50. The maximum absolute atomic E-state index is 13.0. The first-order valence-electron chi connectivity index (χ1n) is 5.55. The van der Waals surface area contributed by atoms with Crippen LogP contribution >= 0.6 is 46.9 Å². The third kappa shape index (κ3) is 2.62. The van der Waals surface area contributed by atoms with Gasteiger partial charge in [-0.25, -0.2) is 0 Å². The Morgan fingerprint density at radius 3 is 2.65 bits per heavy atom. The van der Waals surface area contributed by atoms with Gasteiger partial charge in [0, 0.05) is 16.6 Å². The normalized spacial score (nSPS) is 14.9. The van der Waals surface area contributed by atoms with E-state index >= 15 is 0 Å². The van der Waals surface area contributed by atoms with Crippen molar-refractivity contribution < 1.29 is 13.2 Å². The summed E-state index contributed by atoms with van der Waals surface area (Å²) >= 11 is 7.36. The van der Waals surface area contributed by atoms with E-state index in [1.54, 1.807) is 6.07 Å². The van der Waals surface area contributed by atoms with Crippen molar-refractivity contribution >= 4 is 62.8 Å². The van der Waals surface area contributed by atoms with Crippen molar-refractivity contribution in [2.75, 3.05) is 13.1 Å². The second kappa shape index (κ2) is 5.69. The summed E-state index contributed by atoms with van der Waals surface area (Å²) in [5, 5.41) is 3.22. The lowest BCUT2D eigenvalue weighted by Gasteiger charge is -2.08. The van der Waals surface area contributed by atoms with Gasteiger partial charge < -0.3 is 5.32 Å². The SMILES string of the molecule is FC(F)(F)c1cccc2sc(C3=NCCN3)c(Cl)c12.I. The fourth-order valence-corrected chi connectivity index (χ4v) is 3.62. The second-order valence-electron chi connectivity index (χ2n) is 4.08. The van der Waals surface area contributed by atoms with Crippen LogP contribution in [-0.2, 0) is 6.18 Å². The Morgan fingerprint density at radius 2 is 2.05 bits per heavy atom. The molecule has 1 aromatic carbocycles. The average molecular weight is 433 g/mol. The summed E-state index contributed by atoms with van der Waals surface area (Å²) in [4.78, 5) is 4.78. The van der Waals surface area contributed by atoms with Crippen molar-refractivity contribution in [2.24, 2.45) is 4.99 Å². The highest BCUT2D eigenvalue weighted by atomic mass is 127. The van der Waals surface area contributed by atoms with Crippen LogP contribution in [0.4, 0.5) is 13.2 Å². The number of thiophene rings is 1. The van der Waals surface area contributed by atoms with E-state index in [1.165, 1.54) is 17.4 Å². The molecule has 1 N–H and O–H groups in total. The Morgan fingerprint density at radius 1 is 1.30 bits per heavy atom. The monoisotopic (exact) mass is 432 g/mol. The van der Waals surface area contributed by atoms with Gasteiger partial charge in [-0.05, 0) is 12.1 Å². The number of fused-ring (bicyclic) bond motifs is 1. The summed E-state index contributed by atoms with van der Waals surface area (Å²) in [6, 6.07) is 4.08. The van der Waals surface area contributed by atoms with E-state index < -0.39 is 11.7 Å². The van der Waals surface area contributed by atoms with Crippen LogP contribution in [0.15, 0.2) is 23.2 Å². The quantitative estimate of drug-likeness (QED) is 0.658. The molecule has 0 atom stereocenters. The van der Waals surface area contributed by atoms with Crippen LogP contribution in [0.5, 0.6) is 0 Å². The van der Waals surface area contributed by atoms with E-state index in [0.29, 0.717) is 28.5 Å². The third-order valence-electron chi connectivity index (χ3n) is 2.85. The van der Waals surface area contributed by atoms with Crippen molar-refractivity contribution in [1.82, 2.24) is 5.32 Å². The number of aliphatic imine (C=N–C) groups is 1. The number of amidine groups is 1. The zero-order chi connectivity index (χ0) is 13.6. The van der Waals surface area contributed by atoms with Crippen LogP contribution < -0.4 is 5.32 Å². The van der Waals surface area contributed by atoms with Gasteiger partial charge in [0.2, 0.25) is 0 Å². The van der Waals surface area contributed by atoms with Gasteiger partial charge in [-0.1, -0.05) is 17.7 Å². The molecule has 8 heteroatoms. The molecule has 20 heavy (non-hydrogen) atoms. The molecule has 0 unspecified atom stereocenters. The molecule has 0 fully saturated rings. The molecule has 1 aliphatic rings. The molecule has 0 saturated carbocycles. The predicted octanol–water partition coefficient (Wildman–Crippen LogP) is 4.54. The highest BCUT2D eigenvalue weighted by molar-refractivity contribution is 14.0. The molecule has 2 aromatic rings. The lowest BCUT2D eigenvalue weighted by molar-refractivity contribution is -0.136. The zero-order valence-electron chi connectivity index (χ0n) is 9.92. The molecule has 1 aromatic heterocycles. The van der Waals surface area contributed by atoms with E-state index in [0.717, 1.165) is 6.07 Å². The summed E-state index contributed by atoms with van der Waals surface area (Å²) in [5.41, 5.74) is -0.698. The fourth-order valence-electron chi connectivity index (χ4n) is 2.05. The minimum atomic E-state index is -4.41. The van der Waals surface area contributed by atoms with E-state index in [4.69, 9.17) is 11.6 Å². The lowest BCUT2D eigenvalue weighted by atomic mass is 10.1. The summed E-state index contributed by atoms with van der Waals surface area (Å²) in [6.07, 6.45) is -4.41. The van der Waals surface area contributed by atoms with Crippen molar-refractivity contribution in [1.29, 1.82) is 0 Å². The first-order chi connectivity index (χ1) is 8.98. The van der Waals surface area contributed by atoms with Gasteiger partial charge in [-0.3, -0.25) is 4.99 Å². The number of rotatable bonds is 1. The van der Waals surface area contributed by atoms with Gasteiger partial charge in [0.15, 0.2) is 0 Å². The highest BCUT2D eigenvalue weighted by Gasteiger charge is 2.34.